The predicted octanol–water partition coefficient (Wildman–Crippen LogP) is 0.0350. The summed E-state index contributed by atoms with van der Waals surface area (Å²) in [5.41, 5.74) is -0.987. The third kappa shape index (κ3) is 5.06. The average molecular weight is 179 g/mol. The molecule has 0 saturated carbocycles. The second-order valence-corrected chi connectivity index (χ2v) is 3.29. The van der Waals surface area contributed by atoms with Crippen molar-refractivity contribution < 1.29 is 15.0 Å². The van der Waals surface area contributed by atoms with Crippen LogP contribution in [0, 0.1) is 0 Å². The van der Waals surface area contributed by atoms with Crippen molar-refractivity contribution in [2.45, 2.75) is 31.9 Å². The molecule has 0 fully saturated rings. The van der Waals surface area contributed by atoms with Crippen molar-refractivity contribution in [3.8, 4) is 0 Å². The van der Waals surface area contributed by atoms with E-state index in [2.05, 4.69) is 17.5 Å². The number of carbonyl (C=O) groups is 1. The maximum absolute atomic E-state index is 10.4. The molecule has 0 rings (SSSR count). The van der Waals surface area contributed by atoms with Gasteiger partial charge in [-0.2, -0.15) is 0 Å². The van der Waals surface area contributed by atoms with Crippen molar-refractivity contribution in [2.24, 2.45) is 0 Å². The van der Waals surface area contributed by atoms with Crippen molar-refractivity contribution in [3.63, 3.8) is 0 Å². The molecule has 0 amide bonds. The second kappa shape index (κ2) is 3.94. The highest BCUT2D eigenvalue weighted by atomic mass is 32.1. The molecule has 0 bridgehead atoms. The zero-order chi connectivity index (χ0) is 9.07. The highest BCUT2D eigenvalue weighted by Gasteiger charge is 2.24. The molecule has 0 heterocycles. The van der Waals surface area contributed by atoms with E-state index in [0.29, 0.717) is 0 Å². The zero-order valence-corrected chi connectivity index (χ0v) is 7.43. The Kier molecular flexibility index (Phi) is 3.85. The first kappa shape index (κ1) is 10.7. The van der Waals surface area contributed by atoms with E-state index in [1.807, 2.05) is 0 Å². The van der Waals surface area contributed by atoms with Crippen LogP contribution in [0.15, 0.2) is 0 Å². The molecule has 0 aliphatic carbocycles. The zero-order valence-electron chi connectivity index (χ0n) is 6.53. The first-order valence-corrected chi connectivity index (χ1v) is 3.66. The Balaban J connectivity index is 3.99. The standard InChI is InChI=1S/C6H13NO3S/c1-6(2,10)3-4(7-11)5(8)9/h4,7,10-11H,3H2,1-2H3,(H,8,9)/t4-/m0/s1. The van der Waals surface area contributed by atoms with Crippen LogP contribution in [0.4, 0.5) is 0 Å². The van der Waals surface area contributed by atoms with Gasteiger partial charge in [-0.15, -0.1) is 0 Å². The smallest absolute Gasteiger partial charge is 0.321 e. The molecular formula is C6H13NO3S. The van der Waals surface area contributed by atoms with Gasteiger partial charge in [-0.1, -0.05) is 12.8 Å². The van der Waals surface area contributed by atoms with Crippen LogP contribution in [0.3, 0.4) is 0 Å². The monoisotopic (exact) mass is 179 g/mol. The van der Waals surface area contributed by atoms with Gasteiger partial charge in [0.05, 0.1) is 5.60 Å². The molecule has 1 atom stereocenters. The fraction of sp³-hybridized carbons (Fsp3) is 0.833. The largest absolute Gasteiger partial charge is 0.480 e. The van der Waals surface area contributed by atoms with Gasteiger partial charge < -0.3 is 10.2 Å². The van der Waals surface area contributed by atoms with Crippen LogP contribution in [-0.4, -0.2) is 27.8 Å². The number of carboxylic acid groups (broad SMARTS) is 1. The Bertz CT molecular complexity index is 143. The van der Waals surface area contributed by atoms with Crippen LogP contribution in [0.5, 0.6) is 0 Å². The van der Waals surface area contributed by atoms with Crippen LogP contribution >= 0.6 is 12.8 Å². The van der Waals surface area contributed by atoms with Gasteiger partial charge in [0.1, 0.15) is 6.04 Å². The number of aliphatic carboxylic acids is 1. The maximum Gasteiger partial charge on any atom is 0.321 e. The van der Waals surface area contributed by atoms with Crippen LogP contribution in [0.25, 0.3) is 0 Å². The molecular weight excluding hydrogens is 166 g/mol. The molecule has 5 heteroatoms. The second-order valence-electron chi connectivity index (χ2n) is 3.04. The average Bonchev–Trinajstić information content (AvgIpc) is 1.80. The third-order valence-electron chi connectivity index (χ3n) is 1.16. The topological polar surface area (TPSA) is 69.6 Å². The summed E-state index contributed by atoms with van der Waals surface area (Å²) in [5.74, 6) is -1.01. The summed E-state index contributed by atoms with van der Waals surface area (Å²) in [5, 5.41) is 17.7. The minimum Gasteiger partial charge on any atom is -0.480 e. The quantitative estimate of drug-likeness (QED) is 0.460. The molecule has 0 aliphatic heterocycles. The van der Waals surface area contributed by atoms with Gasteiger partial charge in [-0.3, -0.25) is 9.52 Å². The van der Waals surface area contributed by atoms with Crippen LogP contribution in [-0.2, 0) is 4.79 Å². The van der Waals surface area contributed by atoms with Crippen LogP contribution in [0.2, 0.25) is 0 Å². The summed E-state index contributed by atoms with van der Waals surface area (Å²) in [6.45, 7) is 3.10. The van der Waals surface area contributed by atoms with Crippen molar-refractivity contribution in [3.05, 3.63) is 0 Å². The SMILES string of the molecule is CC(C)(O)C[C@H](NS)C(=O)O. The predicted molar refractivity (Wildman–Crippen MR) is 44.5 cm³/mol. The Morgan fingerprint density at radius 2 is 2.18 bits per heavy atom. The van der Waals surface area contributed by atoms with Gasteiger partial charge in [0.2, 0.25) is 0 Å². The number of hydrogen-bond acceptors (Lipinski definition) is 4. The number of carboxylic acids is 1. The molecule has 0 aromatic carbocycles. The third-order valence-corrected chi connectivity index (χ3v) is 1.47. The summed E-state index contributed by atoms with van der Waals surface area (Å²) < 4.78 is 2.29. The lowest BCUT2D eigenvalue weighted by atomic mass is 10.00. The van der Waals surface area contributed by atoms with Gasteiger partial charge in [0, 0.05) is 6.42 Å². The minimum absolute atomic E-state index is 0.131. The molecule has 0 spiro atoms. The number of nitrogens with one attached hydrogen (secondary N) is 1. The molecule has 0 aromatic heterocycles. The van der Waals surface area contributed by atoms with Gasteiger partial charge in [-0.05, 0) is 13.8 Å². The van der Waals surface area contributed by atoms with E-state index in [1.165, 1.54) is 0 Å². The Hall–Kier alpha value is -0.260. The summed E-state index contributed by atoms with van der Waals surface area (Å²) in [6, 6.07) is -0.807. The first-order valence-electron chi connectivity index (χ1n) is 3.21. The maximum atomic E-state index is 10.4. The lowest BCUT2D eigenvalue weighted by Crippen LogP contribution is -2.38. The molecule has 66 valence electrons. The summed E-state index contributed by atoms with van der Waals surface area (Å²) in [6.07, 6.45) is 0.131. The molecule has 4 nitrogen and oxygen atoms in total. The fourth-order valence-electron chi connectivity index (χ4n) is 0.688. The normalized spacial score (nSPS) is 14.5. The van der Waals surface area contributed by atoms with Gasteiger partial charge in [-0.25, -0.2) is 0 Å². The van der Waals surface area contributed by atoms with E-state index in [9.17, 15) is 9.90 Å². The Morgan fingerprint density at radius 1 is 1.73 bits per heavy atom. The number of rotatable bonds is 4. The van der Waals surface area contributed by atoms with E-state index >= 15 is 0 Å². The van der Waals surface area contributed by atoms with E-state index in [-0.39, 0.29) is 6.42 Å². The molecule has 11 heavy (non-hydrogen) atoms. The summed E-state index contributed by atoms with van der Waals surface area (Å²) in [7, 11) is 0. The minimum atomic E-state index is -1.01. The highest BCUT2D eigenvalue weighted by molar-refractivity contribution is 7.78. The molecule has 0 saturated heterocycles. The number of thiol groups is 1. The van der Waals surface area contributed by atoms with E-state index in [4.69, 9.17) is 5.11 Å². The van der Waals surface area contributed by atoms with E-state index < -0.39 is 17.6 Å². The molecule has 0 aromatic rings. The first-order chi connectivity index (χ1) is 4.87. The van der Waals surface area contributed by atoms with Crippen LogP contribution < -0.4 is 4.72 Å². The van der Waals surface area contributed by atoms with Gasteiger partial charge >= 0.3 is 5.97 Å². The molecule has 0 unspecified atom stereocenters. The molecule has 3 N–H and O–H groups in total. The number of aliphatic hydroxyl groups is 1. The van der Waals surface area contributed by atoms with Crippen LogP contribution in [0.1, 0.15) is 20.3 Å². The van der Waals surface area contributed by atoms with Crippen molar-refractivity contribution >= 4 is 18.8 Å². The summed E-state index contributed by atoms with van der Waals surface area (Å²) >= 11 is 3.62. The van der Waals surface area contributed by atoms with Crippen molar-refractivity contribution in [1.29, 1.82) is 0 Å². The lowest BCUT2D eigenvalue weighted by Gasteiger charge is -2.20. The van der Waals surface area contributed by atoms with Gasteiger partial charge in [0.25, 0.3) is 0 Å². The number of hydrogen-bond donors (Lipinski definition) is 4. The van der Waals surface area contributed by atoms with Crippen molar-refractivity contribution in [1.82, 2.24) is 4.72 Å². The Labute approximate surface area is 71.2 Å². The lowest BCUT2D eigenvalue weighted by molar-refractivity contribution is -0.140. The fourth-order valence-corrected chi connectivity index (χ4v) is 0.889. The van der Waals surface area contributed by atoms with Gasteiger partial charge in [0.15, 0.2) is 0 Å². The van der Waals surface area contributed by atoms with E-state index in [1.54, 1.807) is 13.8 Å². The summed E-state index contributed by atoms with van der Waals surface area (Å²) in [4.78, 5) is 10.4. The molecule has 0 aliphatic rings. The van der Waals surface area contributed by atoms with E-state index in [0.717, 1.165) is 0 Å². The van der Waals surface area contributed by atoms with Crippen molar-refractivity contribution in [2.75, 3.05) is 0 Å². The molecule has 0 radical (unpaired) electrons. The highest BCUT2D eigenvalue weighted by Crippen LogP contribution is 2.10. The Morgan fingerprint density at radius 3 is 2.27 bits per heavy atom.